The molecule has 0 saturated carbocycles. The summed E-state index contributed by atoms with van der Waals surface area (Å²) < 4.78 is 0. The van der Waals surface area contributed by atoms with Crippen molar-refractivity contribution >= 4 is 35.0 Å². The maximum absolute atomic E-state index is 13.2. The summed E-state index contributed by atoms with van der Waals surface area (Å²) in [5.41, 5.74) is 2.75. The van der Waals surface area contributed by atoms with Gasteiger partial charge in [-0.25, -0.2) is 0 Å². The van der Waals surface area contributed by atoms with Gasteiger partial charge in [0.2, 0.25) is 11.8 Å². The SMILES string of the molecule is CC[C@H](C)NC(=O)[C@H](C)N(Cc1ccc(Cl)cc1Cl)C(=O)Cc1cccc(C)c1. The van der Waals surface area contributed by atoms with Crippen LogP contribution in [0.25, 0.3) is 0 Å². The van der Waals surface area contributed by atoms with Crippen LogP contribution in [0.15, 0.2) is 42.5 Å². The number of benzene rings is 2. The van der Waals surface area contributed by atoms with E-state index in [0.29, 0.717) is 10.0 Å². The molecule has 2 aromatic carbocycles. The number of carbonyl (C=O) groups excluding carboxylic acids is 2. The zero-order chi connectivity index (χ0) is 21.6. The lowest BCUT2D eigenvalue weighted by atomic mass is 10.1. The van der Waals surface area contributed by atoms with Crippen LogP contribution in [-0.4, -0.2) is 28.8 Å². The summed E-state index contributed by atoms with van der Waals surface area (Å²) in [6.45, 7) is 7.91. The van der Waals surface area contributed by atoms with Gasteiger partial charge in [0.1, 0.15) is 6.04 Å². The molecule has 0 aliphatic rings. The second-order valence-electron chi connectivity index (χ2n) is 7.42. The van der Waals surface area contributed by atoms with Crippen molar-refractivity contribution < 1.29 is 9.59 Å². The van der Waals surface area contributed by atoms with Gasteiger partial charge in [-0.2, -0.15) is 0 Å². The minimum atomic E-state index is -0.631. The predicted octanol–water partition coefficient (Wildman–Crippen LogP) is 5.18. The second-order valence-corrected chi connectivity index (χ2v) is 8.26. The predicted molar refractivity (Wildman–Crippen MR) is 119 cm³/mol. The molecule has 2 atom stereocenters. The monoisotopic (exact) mass is 434 g/mol. The first-order valence-electron chi connectivity index (χ1n) is 9.80. The molecule has 0 fully saturated rings. The Balaban J connectivity index is 2.27. The Bertz CT molecular complexity index is 870. The molecule has 29 heavy (non-hydrogen) atoms. The van der Waals surface area contributed by atoms with Gasteiger partial charge in [-0.05, 0) is 50.5 Å². The van der Waals surface area contributed by atoms with Gasteiger partial charge in [-0.3, -0.25) is 9.59 Å². The van der Waals surface area contributed by atoms with Gasteiger partial charge in [0, 0.05) is 22.6 Å². The molecule has 0 heterocycles. The van der Waals surface area contributed by atoms with Gasteiger partial charge in [-0.15, -0.1) is 0 Å². The number of carbonyl (C=O) groups is 2. The van der Waals surface area contributed by atoms with Crippen LogP contribution in [0.2, 0.25) is 10.0 Å². The van der Waals surface area contributed by atoms with Crippen LogP contribution in [-0.2, 0) is 22.6 Å². The van der Waals surface area contributed by atoms with Gasteiger partial charge in [-0.1, -0.05) is 66.0 Å². The first kappa shape index (κ1) is 23.2. The normalized spacial score (nSPS) is 12.9. The lowest BCUT2D eigenvalue weighted by Crippen LogP contribution is -2.49. The van der Waals surface area contributed by atoms with E-state index in [2.05, 4.69) is 5.32 Å². The molecule has 0 saturated heterocycles. The van der Waals surface area contributed by atoms with Gasteiger partial charge < -0.3 is 10.2 Å². The van der Waals surface area contributed by atoms with E-state index in [4.69, 9.17) is 23.2 Å². The number of aryl methyl sites for hydroxylation is 1. The lowest BCUT2D eigenvalue weighted by molar-refractivity contribution is -0.140. The highest BCUT2D eigenvalue weighted by Crippen LogP contribution is 2.23. The maximum atomic E-state index is 13.2. The molecule has 4 nitrogen and oxygen atoms in total. The number of hydrogen-bond acceptors (Lipinski definition) is 2. The topological polar surface area (TPSA) is 49.4 Å². The van der Waals surface area contributed by atoms with E-state index in [9.17, 15) is 9.59 Å². The Hall–Kier alpha value is -2.04. The average Bonchev–Trinajstić information content (AvgIpc) is 2.66. The van der Waals surface area contributed by atoms with Crippen LogP contribution in [0.5, 0.6) is 0 Å². The minimum Gasteiger partial charge on any atom is -0.352 e. The van der Waals surface area contributed by atoms with E-state index in [-0.39, 0.29) is 30.8 Å². The standard InChI is InChI=1S/C23H28Cl2N2O2/c1-5-16(3)26-23(29)17(4)27(14-19-9-10-20(24)13-21(19)25)22(28)12-18-8-6-7-15(2)11-18/h6-11,13,16-17H,5,12,14H2,1-4H3,(H,26,29)/t16-,17-/m0/s1. The van der Waals surface area contributed by atoms with Crippen molar-refractivity contribution in [3.63, 3.8) is 0 Å². The third kappa shape index (κ3) is 6.76. The number of rotatable bonds is 8. The first-order valence-corrected chi connectivity index (χ1v) is 10.6. The van der Waals surface area contributed by atoms with Crippen LogP contribution in [0.1, 0.15) is 43.9 Å². The Morgan fingerprint density at radius 3 is 2.45 bits per heavy atom. The fourth-order valence-electron chi connectivity index (χ4n) is 2.98. The minimum absolute atomic E-state index is 0.0396. The number of nitrogens with one attached hydrogen (secondary N) is 1. The van der Waals surface area contributed by atoms with E-state index in [0.717, 1.165) is 23.1 Å². The van der Waals surface area contributed by atoms with E-state index in [1.165, 1.54) is 0 Å². The molecule has 0 spiro atoms. The molecule has 2 rings (SSSR count). The van der Waals surface area contributed by atoms with Crippen molar-refractivity contribution in [2.24, 2.45) is 0 Å². The highest BCUT2D eigenvalue weighted by Gasteiger charge is 2.27. The average molecular weight is 435 g/mol. The fraction of sp³-hybridized carbons (Fsp3) is 0.391. The van der Waals surface area contributed by atoms with E-state index >= 15 is 0 Å². The Morgan fingerprint density at radius 1 is 1.10 bits per heavy atom. The van der Waals surface area contributed by atoms with Crippen LogP contribution in [0, 0.1) is 6.92 Å². The second kappa shape index (κ2) is 10.7. The molecule has 156 valence electrons. The fourth-order valence-corrected chi connectivity index (χ4v) is 3.45. The van der Waals surface area contributed by atoms with Crippen molar-refractivity contribution in [3.8, 4) is 0 Å². The lowest BCUT2D eigenvalue weighted by Gasteiger charge is -2.30. The quantitative estimate of drug-likeness (QED) is 0.622. The largest absolute Gasteiger partial charge is 0.352 e. The molecule has 0 bridgehead atoms. The number of hydrogen-bond donors (Lipinski definition) is 1. The Labute approximate surface area is 183 Å². The zero-order valence-electron chi connectivity index (χ0n) is 17.3. The summed E-state index contributed by atoms with van der Waals surface area (Å²) in [4.78, 5) is 27.5. The molecule has 0 aliphatic carbocycles. The summed E-state index contributed by atoms with van der Waals surface area (Å²) in [5, 5.41) is 3.96. The molecule has 1 N–H and O–H groups in total. The molecule has 0 radical (unpaired) electrons. The summed E-state index contributed by atoms with van der Waals surface area (Å²) >= 11 is 12.3. The molecular weight excluding hydrogens is 407 g/mol. The van der Waals surface area contributed by atoms with E-state index in [1.54, 1.807) is 30.0 Å². The highest BCUT2D eigenvalue weighted by atomic mass is 35.5. The molecule has 0 aliphatic heterocycles. The smallest absolute Gasteiger partial charge is 0.242 e. The van der Waals surface area contributed by atoms with Crippen molar-refractivity contribution in [2.75, 3.05) is 0 Å². The molecule has 0 aromatic heterocycles. The Morgan fingerprint density at radius 2 is 1.83 bits per heavy atom. The van der Waals surface area contributed by atoms with Crippen LogP contribution < -0.4 is 5.32 Å². The first-order chi connectivity index (χ1) is 13.7. The summed E-state index contributed by atoms with van der Waals surface area (Å²) in [6, 6.07) is 12.4. The number of amides is 2. The van der Waals surface area contributed by atoms with Gasteiger partial charge in [0.25, 0.3) is 0 Å². The summed E-state index contributed by atoms with van der Waals surface area (Å²) in [6.07, 6.45) is 1.03. The zero-order valence-corrected chi connectivity index (χ0v) is 18.8. The molecule has 2 amide bonds. The van der Waals surface area contributed by atoms with E-state index < -0.39 is 6.04 Å². The van der Waals surface area contributed by atoms with Gasteiger partial charge >= 0.3 is 0 Å². The summed E-state index contributed by atoms with van der Waals surface area (Å²) in [7, 11) is 0. The van der Waals surface area contributed by atoms with Crippen molar-refractivity contribution in [1.82, 2.24) is 10.2 Å². The van der Waals surface area contributed by atoms with Crippen molar-refractivity contribution in [2.45, 2.75) is 59.2 Å². The number of nitrogens with zero attached hydrogens (tertiary/aromatic N) is 1. The summed E-state index contributed by atoms with van der Waals surface area (Å²) in [5.74, 6) is -0.310. The van der Waals surface area contributed by atoms with Crippen LogP contribution in [0.4, 0.5) is 0 Å². The number of halogens is 2. The van der Waals surface area contributed by atoms with Crippen LogP contribution >= 0.6 is 23.2 Å². The van der Waals surface area contributed by atoms with Gasteiger partial charge in [0.05, 0.1) is 6.42 Å². The molecule has 6 heteroatoms. The molecule has 2 aromatic rings. The third-order valence-electron chi connectivity index (χ3n) is 4.96. The molecule has 0 unspecified atom stereocenters. The van der Waals surface area contributed by atoms with Crippen molar-refractivity contribution in [1.29, 1.82) is 0 Å². The van der Waals surface area contributed by atoms with E-state index in [1.807, 2.05) is 45.0 Å². The van der Waals surface area contributed by atoms with Gasteiger partial charge in [0.15, 0.2) is 0 Å². The van der Waals surface area contributed by atoms with Crippen LogP contribution in [0.3, 0.4) is 0 Å². The third-order valence-corrected chi connectivity index (χ3v) is 5.55. The highest BCUT2D eigenvalue weighted by molar-refractivity contribution is 6.35. The van der Waals surface area contributed by atoms with Crippen molar-refractivity contribution in [3.05, 3.63) is 69.2 Å². The maximum Gasteiger partial charge on any atom is 0.242 e. The molecular formula is C23H28Cl2N2O2. The Kier molecular flexibility index (Phi) is 8.54.